The molecule has 2 aliphatic rings. The first kappa shape index (κ1) is 20.1. The first-order valence-corrected chi connectivity index (χ1v) is 11.5. The van der Waals surface area contributed by atoms with Crippen LogP contribution in [0.1, 0.15) is 56.3 Å². The summed E-state index contributed by atoms with van der Waals surface area (Å²) < 4.78 is 9.85. The molecule has 1 aromatic heterocycles. The van der Waals surface area contributed by atoms with Gasteiger partial charge in [-0.05, 0) is 43.4 Å². The first-order valence-electron chi connectivity index (χ1n) is 10.7. The Kier molecular flexibility index (Phi) is 6.64. The van der Waals surface area contributed by atoms with E-state index in [-0.39, 0.29) is 11.8 Å². The number of methoxy groups -OCH3 is 1. The number of piperidine rings is 1. The Balaban J connectivity index is 1.35. The molecule has 0 radical (unpaired) electrons. The summed E-state index contributed by atoms with van der Waals surface area (Å²) in [7, 11) is 1.68. The Morgan fingerprint density at radius 3 is 2.93 bits per heavy atom. The van der Waals surface area contributed by atoms with Crippen LogP contribution in [-0.2, 0) is 11.2 Å². The van der Waals surface area contributed by atoms with E-state index < -0.39 is 0 Å². The van der Waals surface area contributed by atoms with E-state index in [1.807, 2.05) is 18.2 Å². The van der Waals surface area contributed by atoms with Gasteiger partial charge in [0.25, 0.3) is 0 Å². The number of nitrogens with zero attached hydrogens (tertiary/aromatic N) is 3. The normalized spacial score (nSPS) is 20.4. The number of amides is 1. The summed E-state index contributed by atoms with van der Waals surface area (Å²) in [6.07, 6.45) is 8.72. The molecule has 2 fully saturated rings. The molecule has 1 amide bonds. The molecule has 7 heteroatoms. The first-order chi connectivity index (χ1) is 14.2. The molecule has 2 aromatic rings. The van der Waals surface area contributed by atoms with Crippen molar-refractivity contribution in [2.75, 3.05) is 25.1 Å². The highest BCUT2D eigenvalue weighted by molar-refractivity contribution is 7.09. The van der Waals surface area contributed by atoms with Gasteiger partial charge in [0.1, 0.15) is 11.6 Å². The lowest BCUT2D eigenvalue weighted by atomic mass is 9.93. The molecule has 29 heavy (non-hydrogen) atoms. The van der Waals surface area contributed by atoms with Gasteiger partial charge in [-0.3, -0.25) is 4.79 Å². The minimum Gasteiger partial charge on any atom is -0.497 e. The molecule has 6 nitrogen and oxygen atoms in total. The predicted molar refractivity (Wildman–Crippen MR) is 116 cm³/mol. The molecule has 1 saturated heterocycles. The summed E-state index contributed by atoms with van der Waals surface area (Å²) >= 11 is 1.44. The summed E-state index contributed by atoms with van der Waals surface area (Å²) in [5.74, 6) is 1.95. The number of benzene rings is 1. The fourth-order valence-corrected chi connectivity index (χ4v) is 5.06. The van der Waals surface area contributed by atoms with Crippen LogP contribution in [0, 0.1) is 5.92 Å². The van der Waals surface area contributed by atoms with Gasteiger partial charge in [0, 0.05) is 37.1 Å². The number of ether oxygens (including phenoxy) is 1. The molecule has 4 rings (SSSR count). The Bertz CT molecular complexity index is 819. The van der Waals surface area contributed by atoms with E-state index in [2.05, 4.69) is 20.7 Å². The molecule has 1 aromatic carbocycles. The van der Waals surface area contributed by atoms with Crippen LogP contribution in [0.2, 0.25) is 0 Å². The Labute approximate surface area is 176 Å². The average molecular weight is 415 g/mol. The standard InChI is InChI=1S/C22H30N4O2S/c1-28-19-11-5-7-16(13-19)14-20-24-22(29-25-20)26-12-6-8-17(15-26)21(27)23-18-9-3-2-4-10-18/h5,7,11,13,17-18H,2-4,6,8-10,12,14-15H2,1H3,(H,23,27). The molecule has 1 atom stereocenters. The van der Waals surface area contributed by atoms with Crippen molar-refractivity contribution in [1.82, 2.24) is 14.7 Å². The number of rotatable bonds is 6. The predicted octanol–water partition coefficient (Wildman–Crippen LogP) is 3.80. The summed E-state index contributed by atoms with van der Waals surface area (Å²) in [5, 5.41) is 4.23. The van der Waals surface area contributed by atoms with E-state index in [0.717, 1.165) is 61.0 Å². The van der Waals surface area contributed by atoms with Gasteiger partial charge in [-0.15, -0.1) is 0 Å². The second-order valence-electron chi connectivity index (χ2n) is 8.15. The van der Waals surface area contributed by atoms with Crippen molar-refractivity contribution < 1.29 is 9.53 Å². The van der Waals surface area contributed by atoms with Gasteiger partial charge in [0.15, 0.2) is 0 Å². The maximum atomic E-state index is 12.8. The van der Waals surface area contributed by atoms with Crippen LogP contribution < -0.4 is 15.0 Å². The van der Waals surface area contributed by atoms with Crippen molar-refractivity contribution in [2.45, 2.75) is 57.4 Å². The van der Waals surface area contributed by atoms with Crippen LogP contribution in [0.5, 0.6) is 5.75 Å². The fraction of sp³-hybridized carbons (Fsp3) is 0.591. The van der Waals surface area contributed by atoms with Crippen LogP contribution in [-0.4, -0.2) is 41.5 Å². The highest BCUT2D eigenvalue weighted by Gasteiger charge is 2.29. The van der Waals surface area contributed by atoms with Crippen molar-refractivity contribution >= 4 is 22.6 Å². The number of anilines is 1. The van der Waals surface area contributed by atoms with Crippen LogP contribution in [0.15, 0.2) is 24.3 Å². The second-order valence-corrected chi connectivity index (χ2v) is 8.88. The third-order valence-corrected chi connectivity index (χ3v) is 6.78. The van der Waals surface area contributed by atoms with E-state index in [1.165, 1.54) is 30.8 Å². The summed E-state index contributed by atoms with van der Waals surface area (Å²) in [6, 6.07) is 8.39. The van der Waals surface area contributed by atoms with E-state index in [1.54, 1.807) is 7.11 Å². The Morgan fingerprint density at radius 2 is 2.10 bits per heavy atom. The lowest BCUT2D eigenvalue weighted by Crippen LogP contribution is -2.46. The summed E-state index contributed by atoms with van der Waals surface area (Å²) in [6.45, 7) is 1.69. The highest BCUT2D eigenvalue weighted by atomic mass is 32.1. The van der Waals surface area contributed by atoms with Crippen LogP contribution in [0.25, 0.3) is 0 Å². The molecular weight excluding hydrogens is 384 g/mol. The van der Waals surface area contributed by atoms with Gasteiger partial charge < -0.3 is 15.0 Å². The monoisotopic (exact) mass is 414 g/mol. The number of hydrogen-bond donors (Lipinski definition) is 1. The SMILES string of the molecule is COc1cccc(Cc2nsc(N3CCCC(C(=O)NC4CCCCC4)C3)n2)c1. The zero-order valence-electron chi connectivity index (χ0n) is 17.1. The maximum Gasteiger partial charge on any atom is 0.225 e. The van der Waals surface area contributed by atoms with Crippen LogP contribution in [0.4, 0.5) is 5.13 Å². The topological polar surface area (TPSA) is 67.3 Å². The van der Waals surface area contributed by atoms with Gasteiger partial charge in [0.05, 0.1) is 13.0 Å². The Morgan fingerprint density at radius 1 is 1.24 bits per heavy atom. The lowest BCUT2D eigenvalue weighted by Gasteiger charge is -2.33. The third-order valence-electron chi connectivity index (χ3n) is 5.97. The zero-order chi connectivity index (χ0) is 20.1. The van der Waals surface area contributed by atoms with Crippen molar-refractivity contribution in [3.05, 3.63) is 35.7 Å². The van der Waals surface area contributed by atoms with Gasteiger partial charge in [-0.2, -0.15) is 4.37 Å². The molecule has 1 unspecified atom stereocenters. The number of carbonyl (C=O) groups is 1. The number of nitrogens with one attached hydrogen (secondary N) is 1. The van der Waals surface area contributed by atoms with E-state index in [0.29, 0.717) is 12.5 Å². The Hall–Kier alpha value is -2.15. The average Bonchev–Trinajstić information content (AvgIpc) is 3.23. The van der Waals surface area contributed by atoms with E-state index >= 15 is 0 Å². The molecule has 1 aliphatic carbocycles. The van der Waals surface area contributed by atoms with Gasteiger partial charge in [0.2, 0.25) is 11.0 Å². The van der Waals surface area contributed by atoms with Crippen LogP contribution in [0.3, 0.4) is 0 Å². The smallest absolute Gasteiger partial charge is 0.225 e. The van der Waals surface area contributed by atoms with Crippen molar-refractivity contribution in [3.63, 3.8) is 0 Å². The molecule has 0 spiro atoms. The second kappa shape index (κ2) is 9.57. The minimum absolute atomic E-state index is 0.0522. The third kappa shape index (κ3) is 5.26. The van der Waals surface area contributed by atoms with Gasteiger partial charge in [-0.1, -0.05) is 31.4 Å². The molecule has 1 N–H and O–H groups in total. The minimum atomic E-state index is 0.0522. The lowest BCUT2D eigenvalue weighted by molar-refractivity contribution is -0.126. The van der Waals surface area contributed by atoms with Crippen molar-refractivity contribution in [3.8, 4) is 5.75 Å². The van der Waals surface area contributed by atoms with Crippen molar-refractivity contribution in [2.24, 2.45) is 5.92 Å². The summed E-state index contributed by atoms with van der Waals surface area (Å²) in [4.78, 5) is 19.8. The maximum absolute atomic E-state index is 12.8. The number of carbonyl (C=O) groups excluding carboxylic acids is 1. The quantitative estimate of drug-likeness (QED) is 0.779. The summed E-state index contributed by atoms with van der Waals surface area (Å²) in [5.41, 5.74) is 1.14. The van der Waals surface area contributed by atoms with Gasteiger partial charge >= 0.3 is 0 Å². The molecule has 0 bridgehead atoms. The molecule has 2 heterocycles. The molecule has 1 saturated carbocycles. The molecule has 1 aliphatic heterocycles. The molecule has 156 valence electrons. The highest BCUT2D eigenvalue weighted by Crippen LogP contribution is 2.26. The van der Waals surface area contributed by atoms with Crippen molar-refractivity contribution in [1.29, 1.82) is 0 Å². The zero-order valence-corrected chi connectivity index (χ0v) is 17.9. The largest absolute Gasteiger partial charge is 0.497 e. The van der Waals surface area contributed by atoms with Gasteiger partial charge in [-0.25, -0.2) is 4.98 Å². The van der Waals surface area contributed by atoms with Crippen LogP contribution >= 0.6 is 11.5 Å². The fourth-order valence-electron chi connectivity index (χ4n) is 4.34. The van der Waals surface area contributed by atoms with E-state index in [9.17, 15) is 4.79 Å². The number of aromatic nitrogens is 2. The van der Waals surface area contributed by atoms with E-state index in [4.69, 9.17) is 9.72 Å². The number of hydrogen-bond acceptors (Lipinski definition) is 6. The molecular formula is C22H30N4O2S.